The van der Waals surface area contributed by atoms with E-state index in [0.29, 0.717) is 6.54 Å². The average Bonchev–Trinajstić information content (AvgIpc) is 3.00. The number of hydrazone groups is 1. The van der Waals surface area contributed by atoms with Crippen molar-refractivity contribution in [3.63, 3.8) is 0 Å². The van der Waals surface area contributed by atoms with Crippen molar-refractivity contribution in [2.75, 3.05) is 0 Å². The molecule has 146 valence electrons. The van der Waals surface area contributed by atoms with Gasteiger partial charge in [-0.15, -0.1) is 0 Å². The molecule has 4 rings (SSSR count). The van der Waals surface area contributed by atoms with Crippen LogP contribution < -0.4 is 5.43 Å². The minimum atomic E-state index is 0.594. The third-order valence-corrected chi connectivity index (χ3v) is 6.13. The van der Waals surface area contributed by atoms with E-state index in [1.54, 1.807) is 0 Å². The smallest absolute Gasteiger partial charge is 0.0594 e. The maximum atomic E-state index is 6.22. The Labute approximate surface area is 189 Å². The summed E-state index contributed by atoms with van der Waals surface area (Å²) >= 11 is 8.56. The van der Waals surface area contributed by atoms with Crippen LogP contribution in [0.1, 0.15) is 22.4 Å². The van der Waals surface area contributed by atoms with Crippen molar-refractivity contribution >= 4 is 51.3 Å². The van der Waals surface area contributed by atoms with Crippen molar-refractivity contribution < 1.29 is 0 Å². The molecule has 0 spiro atoms. The fraction of sp³-hybridized carbons (Fsp3) is 0.125. The minimum absolute atomic E-state index is 0.594. The molecule has 0 atom stereocenters. The molecule has 0 saturated heterocycles. The Balaban J connectivity index is 1.60. The first-order valence-electron chi connectivity index (χ1n) is 9.45. The summed E-state index contributed by atoms with van der Waals surface area (Å²) in [5, 5.41) is 6.43. The van der Waals surface area contributed by atoms with Gasteiger partial charge in [0, 0.05) is 37.3 Å². The van der Waals surface area contributed by atoms with Crippen LogP contribution in [0, 0.1) is 10.5 Å². The lowest BCUT2D eigenvalue weighted by Gasteiger charge is -2.09. The highest BCUT2D eigenvalue weighted by Crippen LogP contribution is 2.26. The van der Waals surface area contributed by atoms with Crippen LogP contribution in [0.2, 0.25) is 5.02 Å². The van der Waals surface area contributed by atoms with E-state index in [1.165, 1.54) is 25.7 Å². The number of rotatable bonds is 6. The molecule has 1 N–H and O–H groups in total. The van der Waals surface area contributed by atoms with Crippen LogP contribution >= 0.6 is 34.2 Å². The number of aromatic nitrogens is 1. The number of hydrogen-bond donors (Lipinski definition) is 1. The topological polar surface area (TPSA) is 29.3 Å². The first-order valence-corrected chi connectivity index (χ1v) is 10.9. The third kappa shape index (κ3) is 4.49. The summed E-state index contributed by atoms with van der Waals surface area (Å²) in [5.74, 6) is 0. The van der Waals surface area contributed by atoms with Gasteiger partial charge < -0.3 is 9.99 Å². The fourth-order valence-corrected chi connectivity index (χ4v) is 4.04. The summed E-state index contributed by atoms with van der Waals surface area (Å²) in [4.78, 5) is 0. The van der Waals surface area contributed by atoms with E-state index in [1.807, 2.05) is 30.5 Å². The van der Waals surface area contributed by atoms with E-state index in [-0.39, 0.29) is 0 Å². The Morgan fingerprint density at radius 2 is 1.72 bits per heavy atom. The summed E-state index contributed by atoms with van der Waals surface area (Å²) in [7, 11) is 0. The Morgan fingerprint density at radius 1 is 1.00 bits per heavy atom. The van der Waals surface area contributed by atoms with Crippen molar-refractivity contribution in [2.24, 2.45) is 5.10 Å². The van der Waals surface area contributed by atoms with Gasteiger partial charge in [-0.1, -0.05) is 60.1 Å². The van der Waals surface area contributed by atoms with Gasteiger partial charge in [-0.25, -0.2) is 0 Å². The van der Waals surface area contributed by atoms with Crippen molar-refractivity contribution in [2.45, 2.75) is 20.0 Å². The Hall–Kier alpha value is -2.31. The summed E-state index contributed by atoms with van der Waals surface area (Å²) in [6.07, 6.45) is 1.92. The second kappa shape index (κ2) is 9.01. The zero-order chi connectivity index (χ0) is 20.2. The first kappa shape index (κ1) is 20.0. The van der Waals surface area contributed by atoms with Crippen LogP contribution in [0.5, 0.6) is 0 Å². The second-order valence-corrected chi connectivity index (χ2v) is 8.57. The molecule has 0 bridgehead atoms. The molecule has 0 saturated carbocycles. The molecule has 0 amide bonds. The summed E-state index contributed by atoms with van der Waals surface area (Å²) in [5.41, 5.74) is 9.00. The van der Waals surface area contributed by atoms with Crippen molar-refractivity contribution in [3.05, 3.63) is 104 Å². The molecule has 1 heterocycles. The molecule has 29 heavy (non-hydrogen) atoms. The number of nitrogens with one attached hydrogen (secondary N) is 1. The van der Waals surface area contributed by atoms with Gasteiger partial charge in [0.2, 0.25) is 0 Å². The van der Waals surface area contributed by atoms with Gasteiger partial charge >= 0.3 is 0 Å². The molecule has 5 heteroatoms. The molecule has 4 aromatic rings. The quantitative estimate of drug-likeness (QED) is 0.181. The van der Waals surface area contributed by atoms with Gasteiger partial charge in [0.15, 0.2) is 0 Å². The van der Waals surface area contributed by atoms with Crippen LogP contribution in [0.3, 0.4) is 0 Å². The van der Waals surface area contributed by atoms with Crippen LogP contribution in [-0.2, 0) is 13.1 Å². The lowest BCUT2D eigenvalue weighted by Crippen LogP contribution is -2.06. The molecule has 0 aliphatic carbocycles. The maximum absolute atomic E-state index is 6.22. The van der Waals surface area contributed by atoms with Crippen LogP contribution in [0.4, 0.5) is 0 Å². The first-order chi connectivity index (χ1) is 14.1. The van der Waals surface area contributed by atoms with Crippen molar-refractivity contribution in [1.82, 2.24) is 9.99 Å². The van der Waals surface area contributed by atoms with Gasteiger partial charge in [0.1, 0.15) is 0 Å². The molecule has 1 aromatic heterocycles. The van der Waals surface area contributed by atoms with E-state index in [9.17, 15) is 0 Å². The predicted molar refractivity (Wildman–Crippen MR) is 131 cm³/mol. The zero-order valence-electron chi connectivity index (χ0n) is 16.1. The highest BCUT2D eigenvalue weighted by Gasteiger charge is 2.12. The Kier molecular flexibility index (Phi) is 6.21. The maximum Gasteiger partial charge on any atom is 0.0594 e. The Morgan fingerprint density at radius 3 is 2.52 bits per heavy atom. The molecular weight excluding hydrogens is 493 g/mol. The molecular formula is C24H21ClIN3. The minimum Gasteiger partial charge on any atom is -0.340 e. The van der Waals surface area contributed by atoms with Gasteiger partial charge in [0.05, 0.1) is 12.8 Å². The van der Waals surface area contributed by atoms with Crippen LogP contribution in [0.25, 0.3) is 10.9 Å². The van der Waals surface area contributed by atoms with E-state index >= 15 is 0 Å². The third-order valence-electron chi connectivity index (χ3n) is 5.05. The molecule has 0 radical (unpaired) electrons. The van der Waals surface area contributed by atoms with Gasteiger partial charge in [-0.05, 0) is 64.9 Å². The highest BCUT2D eigenvalue weighted by atomic mass is 127. The van der Waals surface area contributed by atoms with Gasteiger partial charge in [-0.3, -0.25) is 0 Å². The monoisotopic (exact) mass is 513 g/mol. The average molecular weight is 514 g/mol. The summed E-state index contributed by atoms with van der Waals surface area (Å²) in [6, 6.07) is 25.0. The van der Waals surface area contributed by atoms with Crippen molar-refractivity contribution in [1.29, 1.82) is 0 Å². The number of para-hydroxylation sites is 1. The van der Waals surface area contributed by atoms with E-state index in [4.69, 9.17) is 11.6 Å². The number of nitrogens with zero attached hydrogens (tertiary/aromatic N) is 2. The SMILES string of the molecule is Cc1c(/C=N\NCc2ccccc2Cl)c2ccccc2n1Cc1ccc(I)cc1. The number of halogens is 2. The summed E-state index contributed by atoms with van der Waals surface area (Å²) < 4.78 is 3.60. The lowest BCUT2D eigenvalue weighted by molar-refractivity contribution is 0.748. The van der Waals surface area contributed by atoms with Crippen LogP contribution in [-0.4, -0.2) is 10.8 Å². The van der Waals surface area contributed by atoms with Gasteiger partial charge in [-0.2, -0.15) is 5.10 Å². The van der Waals surface area contributed by atoms with Crippen molar-refractivity contribution in [3.8, 4) is 0 Å². The molecule has 3 aromatic carbocycles. The highest BCUT2D eigenvalue weighted by molar-refractivity contribution is 14.1. The number of hydrogen-bond acceptors (Lipinski definition) is 2. The van der Waals surface area contributed by atoms with E-state index in [0.717, 1.165) is 22.7 Å². The predicted octanol–water partition coefficient (Wildman–Crippen LogP) is 6.38. The zero-order valence-corrected chi connectivity index (χ0v) is 19.0. The molecule has 0 unspecified atom stereocenters. The second-order valence-electron chi connectivity index (χ2n) is 6.91. The number of fused-ring (bicyclic) bond motifs is 1. The molecule has 0 fully saturated rings. The normalized spacial score (nSPS) is 11.4. The van der Waals surface area contributed by atoms with E-state index < -0.39 is 0 Å². The molecule has 3 nitrogen and oxygen atoms in total. The Bertz CT molecular complexity index is 1160. The number of benzene rings is 3. The molecule has 0 aliphatic rings. The lowest BCUT2D eigenvalue weighted by atomic mass is 10.1. The van der Waals surface area contributed by atoms with Gasteiger partial charge in [0.25, 0.3) is 0 Å². The van der Waals surface area contributed by atoms with Crippen LogP contribution in [0.15, 0.2) is 77.9 Å². The standard InChI is InChI=1S/C24H21ClIN3/c1-17-22(15-28-27-14-19-6-2-4-8-23(19)25)21-7-3-5-9-24(21)29(17)16-18-10-12-20(26)13-11-18/h2-13,15,27H,14,16H2,1H3/b28-15-. The largest absolute Gasteiger partial charge is 0.340 e. The fourth-order valence-electron chi connectivity index (χ4n) is 3.48. The summed E-state index contributed by atoms with van der Waals surface area (Å²) in [6.45, 7) is 3.59. The van der Waals surface area contributed by atoms with E-state index in [2.05, 4.69) is 93.1 Å². The molecule has 0 aliphatic heterocycles.